The zero-order chi connectivity index (χ0) is 10.1. The third-order valence-corrected chi connectivity index (χ3v) is 3.70. The minimum Gasteiger partial charge on any atom is -0.310 e. The molecule has 0 saturated heterocycles. The third-order valence-electron chi connectivity index (χ3n) is 1.76. The summed E-state index contributed by atoms with van der Waals surface area (Å²) in [5.41, 5.74) is 0.752. The van der Waals surface area contributed by atoms with Crippen molar-refractivity contribution < 1.29 is 8.44 Å². The van der Waals surface area contributed by atoms with E-state index in [4.69, 9.17) is 0 Å². The summed E-state index contributed by atoms with van der Waals surface area (Å²) in [6, 6.07) is 5.17. The van der Waals surface area contributed by atoms with E-state index in [1.54, 1.807) is 19.1 Å². The van der Waals surface area contributed by atoms with Crippen molar-refractivity contribution in [1.29, 1.82) is 0 Å². The van der Waals surface area contributed by atoms with Crippen LogP contribution in [0.5, 0.6) is 0 Å². The molecular weight excluding hydrogens is 208 g/mol. The topological polar surface area (TPSA) is 32.3 Å². The Kier molecular flexibility index (Phi) is 3.30. The molecule has 2 unspecified atom stereocenters. The van der Waals surface area contributed by atoms with Gasteiger partial charge in [0, 0.05) is 0 Å². The molecule has 2 atom stereocenters. The Labute approximate surface area is 81.7 Å². The second-order valence-electron chi connectivity index (χ2n) is 2.74. The van der Waals surface area contributed by atoms with E-state index >= 15 is 0 Å². The number of benzene rings is 1. The average molecular weight is 221 g/mol. The van der Waals surface area contributed by atoms with E-state index in [-0.39, 0.29) is 0 Å². The molecule has 0 heterocycles. The smallest absolute Gasteiger partial charge is 0.102 e. The van der Waals surface area contributed by atoms with Gasteiger partial charge in [0.25, 0.3) is 0 Å². The molecule has 0 bridgehead atoms. The number of hydrogen-bond donors (Lipinski definition) is 2. The van der Waals surface area contributed by atoms with E-state index in [0.29, 0.717) is 4.90 Å². The van der Waals surface area contributed by atoms with Crippen molar-refractivity contribution in [1.82, 2.24) is 4.72 Å². The normalized spacial score (nSPS) is 17.9. The van der Waals surface area contributed by atoms with Gasteiger partial charge in [0.1, 0.15) is 10.9 Å². The van der Waals surface area contributed by atoms with Gasteiger partial charge < -0.3 is 4.55 Å². The van der Waals surface area contributed by atoms with Crippen LogP contribution in [0.3, 0.4) is 0 Å². The van der Waals surface area contributed by atoms with Gasteiger partial charge in [-0.1, -0.05) is 12.1 Å². The highest BCUT2D eigenvalue weighted by atomic mass is 32.3. The summed E-state index contributed by atoms with van der Waals surface area (Å²) in [6.07, 6.45) is 0. The van der Waals surface area contributed by atoms with Crippen LogP contribution in [-0.2, 0) is 0 Å². The first-order valence-corrected chi connectivity index (χ1v) is 5.84. The van der Waals surface area contributed by atoms with Crippen LogP contribution >= 0.6 is 20.1 Å². The van der Waals surface area contributed by atoms with Crippen molar-refractivity contribution in [3.63, 3.8) is 0 Å². The molecule has 74 valence electrons. The van der Waals surface area contributed by atoms with Crippen LogP contribution in [0.1, 0.15) is 5.56 Å². The third kappa shape index (κ3) is 2.41. The molecule has 0 radical (unpaired) electrons. The maximum absolute atomic E-state index is 13.5. The Hall–Kier alpha value is -0.150. The van der Waals surface area contributed by atoms with Crippen LogP contribution in [0.4, 0.5) is 3.89 Å². The zero-order valence-corrected chi connectivity index (χ0v) is 9.51. The highest BCUT2D eigenvalue weighted by Gasteiger charge is 2.21. The maximum Gasteiger partial charge on any atom is 0.102 e. The van der Waals surface area contributed by atoms with E-state index in [9.17, 15) is 8.44 Å². The summed E-state index contributed by atoms with van der Waals surface area (Å²) >= 11 is 0. The number of rotatable bonds is 2. The van der Waals surface area contributed by atoms with Crippen LogP contribution < -0.4 is 10.0 Å². The molecule has 1 aromatic carbocycles. The quantitative estimate of drug-likeness (QED) is 0.750. The summed E-state index contributed by atoms with van der Waals surface area (Å²) < 4.78 is 25.1. The van der Waals surface area contributed by atoms with Gasteiger partial charge in [0.2, 0.25) is 0 Å². The molecule has 2 nitrogen and oxygen atoms in total. The monoisotopic (exact) mass is 221 g/mol. The van der Waals surface area contributed by atoms with Crippen molar-refractivity contribution in [2.45, 2.75) is 11.8 Å². The maximum atomic E-state index is 13.5. The summed E-state index contributed by atoms with van der Waals surface area (Å²) in [5.74, 6) is 0. The lowest BCUT2D eigenvalue weighted by Gasteiger charge is -2.24. The molecule has 0 aromatic heterocycles. The molecule has 0 saturated carbocycles. The van der Waals surface area contributed by atoms with Crippen molar-refractivity contribution in [3.05, 3.63) is 23.8 Å². The first kappa shape index (κ1) is 10.9. The van der Waals surface area contributed by atoms with Crippen molar-refractivity contribution in [3.8, 4) is 0 Å². The van der Waals surface area contributed by atoms with Crippen LogP contribution in [-0.4, -0.2) is 11.6 Å². The Morgan fingerprint density at radius 1 is 1.54 bits per heavy atom. The first-order chi connectivity index (χ1) is 5.97. The number of halogens is 1. The van der Waals surface area contributed by atoms with E-state index in [2.05, 4.69) is 14.0 Å². The average Bonchev–Trinajstić information content (AvgIpc) is 2.03. The molecule has 0 amide bonds. The second kappa shape index (κ2) is 3.93. The molecule has 2 N–H and O–H groups in total. The Morgan fingerprint density at radius 2 is 2.15 bits per heavy atom. The Balaban J connectivity index is 3.16. The number of nitrogens with one attached hydrogen (secondary N) is 1. The minimum atomic E-state index is -3.30. The summed E-state index contributed by atoms with van der Waals surface area (Å²) in [7, 11) is 0.629. The van der Waals surface area contributed by atoms with Crippen LogP contribution in [0.25, 0.3) is 0 Å². The minimum absolute atomic E-state index is 0.334. The number of aryl methyl sites for hydroxylation is 1. The molecule has 1 rings (SSSR count). The van der Waals surface area contributed by atoms with Crippen molar-refractivity contribution >= 4 is 25.4 Å². The van der Waals surface area contributed by atoms with Crippen LogP contribution in [0.15, 0.2) is 23.1 Å². The lowest BCUT2D eigenvalue weighted by Crippen LogP contribution is -2.12. The van der Waals surface area contributed by atoms with E-state index < -0.39 is 10.9 Å². The van der Waals surface area contributed by atoms with Gasteiger partial charge >= 0.3 is 0 Å². The molecule has 1 aromatic rings. The van der Waals surface area contributed by atoms with E-state index in [1.807, 2.05) is 6.07 Å². The zero-order valence-electron chi connectivity index (χ0n) is 7.54. The van der Waals surface area contributed by atoms with Crippen LogP contribution in [0, 0.1) is 6.92 Å². The molecule has 0 aliphatic heterocycles. The summed E-state index contributed by atoms with van der Waals surface area (Å²) in [6.45, 7) is 1.78. The van der Waals surface area contributed by atoms with Gasteiger partial charge in [-0.3, -0.25) is 0 Å². The second-order valence-corrected chi connectivity index (χ2v) is 5.27. The fraction of sp³-hybridized carbons (Fsp3) is 0.250. The molecular formula is C8H13FNOPS. The Morgan fingerprint density at radius 3 is 2.62 bits per heavy atom. The fourth-order valence-corrected chi connectivity index (χ4v) is 2.39. The van der Waals surface area contributed by atoms with E-state index in [1.165, 1.54) is 7.05 Å². The summed E-state index contributed by atoms with van der Waals surface area (Å²) in [5, 5.41) is 0.979. The summed E-state index contributed by atoms with van der Waals surface area (Å²) in [4.78, 5) is 0.334. The highest BCUT2D eigenvalue weighted by Crippen LogP contribution is 2.50. The molecule has 5 heteroatoms. The molecule has 0 aliphatic rings. The first-order valence-electron chi connectivity index (χ1n) is 3.77. The molecule has 0 spiro atoms. The van der Waals surface area contributed by atoms with Gasteiger partial charge in [-0.2, -0.15) is 0 Å². The highest BCUT2D eigenvalue weighted by molar-refractivity contribution is 8.23. The van der Waals surface area contributed by atoms with Crippen molar-refractivity contribution in [2.24, 2.45) is 0 Å². The lowest BCUT2D eigenvalue weighted by atomic mass is 10.2. The Bertz CT molecular complexity index is 319. The standard InChI is InChI=1S/C8H13FNOPS/c1-6-5-7(12)3-4-8(6)13(9,11)10-2/h3-5,10-11H,12H2,1-2H3. The predicted octanol–water partition coefficient (Wildman–Crippen LogP) is 2.15. The molecule has 13 heavy (non-hydrogen) atoms. The van der Waals surface area contributed by atoms with Gasteiger partial charge in [-0.05, 0) is 30.9 Å². The number of hydrogen-bond acceptors (Lipinski definition) is 2. The van der Waals surface area contributed by atoms with Gasteiger partial charge in [0.05, 0.1) is 4.90 Å². The van der Waals surface area contributed by atoms with E-state index in [0.717, 1.165) is 10.9 Å². The van der Waals surface area contributed by atoms with Gasteiger partial charge in [-0.25, -0.2) is 4.72 Å². The fourth-order valence-electron chi connectivity index (χ4n) is 1.09. The molecule has 0 aliphatic carbocycles. The van der Waals surface area contributed by atoms with Crippen molar-refractivity contribution in [2.75, 3.05) is 7.05 Å². The van der Waals surface area contributed by atoms with Gasteiger partial charge in [0.15, 0.2) is 0 Å². The van der Waals surface area contributed by atoms with Crippen LogP contribution in [0.2, 0.25) is 0 Å². The molecule has 0 fully saturated rings. The predicted molar refractivity (Wildman–Crippen MR) is 59.2 cm³/mol. The lowest BCUT2D eigenvalue weighted by molar-refractivity contribution is 0.556. The largest absolute Gasteiger partial charge is 0.310 e. The SMILES string of the molecule is CNS(O)(F)c1ccc(P)cc1C. The van der Waals surface area contributed by atoms with Gasteiger partial charge in [-0.15, -0.1) is 13.1 Å².